The van der Waals surface area contributed by atoms with Gasteiger partial charge in [-0.2, -0.15) is 0 Å². The van der Waals surface area contributed by atoms with Crippen molar-refractivity contribution in [3.05, 3.63) is 67.5 Å². The van der Waals surface area contributed by atoms with Crippen molar-refractivity contribution >= 4 is 0 Å². The zero-order valence-electron chi connectivity index (χ0n) is 18.5. The monoisotopic (exact) mass is 424 g/mol. The molecule has 0 aromatic carbocycles. The number of H-pyrrole nitrogens is 2. The highest BCUT2D eigenvalue weighted by molar-refractivity contribution is 5.27. The molecule has 2 aliphatic rings. The van der Waals surface area contributed by atoms with E-state index in [-0.39, 0.29) is 11.1 Å². The van der Waals surface area contributed by atoms with Crippen molar-refractivity contribution in [2.45, 2.75) is 82.7 Å². The quantitative estimate of drug-likeness (QED) is 0.438. The molecule has 0 amide bonds. The van der Waals surface area contributed by atoms with Gasteiger partial charge in [0.1, 0.15) is 0 Å². The second-order valence-corrected chi connectivity index (χ2v) is 9.08. The smallest absolute Gasteiger partial charge is 0.248 e. The number of aromatic nitrogens is 2. The lowest BCUT2D eigenvalue weighted by Crippen LogP contribution is -2.28. The maximum atomic E-state index is 11.5. The standard InChI is InChI=1S/C25H36N4O2/c30-24-14-12-18-20(8-6-10-22(18)28-24)26-16-4-2-1-3-5-17-27-21-9-7-11-23-19(21)13-15-25(31)29-23/h12-15,20-21,26-27H,1-11,16-17H2,(H,28,30)(H,29,31)/t20-,21+. The summed E-state index contributed by atoms with van der Waals surface area (Å²) in [6.07, 6.45) is 12.7. The predicted octanol–water partition coefficient (Wildman–Crippen LogP) is 3.65. The van der Waals surface area contributed by atoms with Crippen LogP contribution in [0, 0.1) is 0 Å². The van der Waals surface area contributed by atoms with Crippen molar-refractivity contribution in [1.29, 1.82) is 0 Å². The molecule has 168 valence electrons. The molecule has 0 bridgehead atoms. The number of pyridine rings is 2. The van der Waals surface area contributed by atoms with Crippen LogP contribution < -0.4 is 21.8 Å². The number of rotatable bonds is 10. The maximum Gasteiger partial charge on any atom is 0.248 e. The molecule has 6 heteroatoms. The van der Waals surface area contributed by atoms with E-state index in [2.05, 4.69) is 20.6 Å². The number of hydrogen-bond donors (Lipinski definition) is 4. The van der Waals surface area contributed by atoms with Gasteiger partial charge in [-0.05, 0) is 75.6 Å². The third kappa shape index (κ3) is 5.95. The van der Waals surface area contributed by atoms with Gasteiger partial charge in [0.15, 0.2) is 0 Å². The van der Waals surface area contributed by atoms with Gasteiger partial charge in [-0.1, -0.05) is 31.4 Å². The van der Waals surface area contributed by atoms with Crippen molar-refractivity contribution in [2.75, 3.05) is 13.1 Å². The molecule has 2 aliphatic carbocycles. The van der Waals surface area contributed by atoms with E-state index in [9.17, 15) is 9.59 Å². The van der Waals surface area contributed by atoms with Gasteiger partial charge < -0.3 is 20.6 Å². The van der Waals surface area contributed by atoms with Gasteiger partial charge in [-0.3, -0.25) is 9.59 Å². The summed E-state index contributed by atoms with van der Waals surface area (Å²) in [5, 5.41) is 7.39. The Bertz CT molecular complexity index is 887. The Morgan fingerprint density at radius 2 is 1.13 bits per heavy atom. The molecule has 0 saturated carbocycles. The molecule has 2 aromatic rings. The fourth-order valence-corrected chi connectivity index (χ4v) is 5.16. The predicted molar refractivity (Wildman–Crippen MR) is 125 cm³/mol. The third-order valence-electron chi connectivity index (χ3n) is 6.80. The fourth-order valence-electron chi connectivity index (χ4n) is 5.16. The maximum absolute atomic E-state index is 11.5. The van der Waals surface area contributed by atoms with Crippen LogP contribution in [-0.4, -0.2) is 23.1 Å². The molecule has 2 aromatic heterocycles. The Labute approximate surface area is 184 Å². The molecule has 0 spiro atoms. The van der Waals surface area contributed by atoms with Crippen LogP contribution in [0.1, 0.15) is 92.4 Å². The average Bonchev–Trinajstić information content (AvgIpc) is 2.77. The van der Waals surface area contributed by atoms with Crippen molar-refractivity contribution in [1.82, 2.24) is 20.6 Å². The molecule has 0 saturated heterocycles. The second-order valence-electron chi connectivity index (χ2n) is 9.08. The molecule has 2 atom stereocenters. The summed E-state index contributed by atoms with van der Waals surface area (Å²) in [4.78, 5) is 29.0. The van der Waals surface area contributed by atoms with Crippen LogP contribution in [-0.2, 0) is 12.8 Å². The molecule has 4 N–H and O–H groups in total. The molecular formula is C25H36N4O2. The fraction of sp³-hybridized carbons (Fsp3) is 0.600. The van der Waals surface area contributed by atoms with E-state index < -0.39 is 0 Å². The Kier molecular flexibility index (Phi) is 7.76. The molecule has 31 heavy (non-hydrogen) atoms. The van der Waals surface area contributed by atoms with E-state index in [4.69, 9.17) is 0 Å². The van der Waals surface area contributed by atoms with Crippen LogP contribution in [0.4, 0.5) is 0 Å². The summed E-state index contributed by atoms with van der Waals surface area (Å²) in [6, 6.07) is 8.08. The first-order valence-corrected chi connectivity index (χ1v) is 12.1. The minimum absolute atomic E-state index is 0.0107. The van der Waals surface area contributed by atoms with Crippen LogP contribution in [0.25, 0.3) is 0 Å². The number of unbranched alkanes of at least 4 members (excludes halogenated alkanes) is 4. The summed E-state index contributed by atoms with van der Waals surface area (Å²) in [5.41, 5.74) is 4.83. The number of nitrogens with one attached hydrogen (secondary N) is 4. The van der Waals surface area contributed by atoms with E-state index >= 15 is 0 Å². The first-order chi connectivity index (χ1) is 15.2. The van der Waals surface area contributed by atoms with E-state index in [0.717, 1.165) is 63.0 Å². The Balaban J connectivity index is 1.08. The normalized spacial score (nSPS) is 20.3. The van der Waals surface area contributed by atoms with Gasteiger partial charge in [-0.25, -0.2) is 0 Å². The van der Waals surface area contributed by atoms with Gasteiger partial charge in [-0.15, -0.1) is 0 Å². The summed E-state index contributed by atoms with van der Waals surface area (Å²) < 4.78 is 0. The zero-order valence-corrected chi connectivity index (χ0v) is 18.5. The summed E-state index contributed by atoms with van der Waals surface area (Å²) >= 11 is 0. The highest BCUT2D eigenvalue weighted by Gasteiger charge is 2.21. The van der Waals surface area contributed by atoms with Gasteiger partial charge in [0, 0.05) is 35.6 Å². The minimum Gasteiger partial charge on any atom is -0.326 e. The van der Waals surface area contributed by atoms with Gasteiger partial charge in [0.25, 0.3) is 0 Å². The molecule has 2 heterocycles. The first-order valence-electron chi connectivity index (χ1n) is 12.1. The van der Waals surface area contributed by atoms with Gasteiger partial charge >= 0.3 is 0 Å². The number of fused-ring (bicyclic) bond motifs is 2. The largest absolute Gasteiger partial charge is 0.326 e. The molecule has 0 radical (unpaired) electrons. The molecule has 6 nitrogen and oxygen atoms in total. The van der Waals surface area contributed by atoms with Crippen LogP contribution in [0.2, 0.25) is 0 Å². The number of aromatic amines is 2. The SMILES string of the molecule is O=c1ccc2c([nH]1)CCC[C@@H]2NCCCCCCCN[C@@H]1CCCc2[nH]c(=O)ccc21. The lowest BCUT2D eigenvalue weighted by atomic mass is 9.91. The Morgan fingerprint density at radius 3 is 1.61 bits per heavy atom. The third-order valence-corrected chi connectivity index (χ3v) is 6.80. The van der Waals surface area contributed by atoms with Crippen LogP contribution in [0.15, 0.2) is 33.9 Å². The first kappa shape index (κ1) is 22.0. The van der Waals surface area contributed by atoms with E-state index in [1.807, 2.05) is 12.1 Å². The van der Waals surface area contributed by atoms with Gasteiger partial charge in [0.2, 0.25) is 11.1 Å². The zero-order chi connectivity index (χ0) is 21.5. The average molecular weight is 425 g/mol. The second kappa shape index (κ2) is 10.9. The summed E-state index contributed by atoms with van der Waals surface area (Å²) in [7, 11) is 0. The molecular weight excluding hydrogens is 388 g/mol. The van der Waals surface area contributed by atoms with Gasteiger partial charge in [0.05, 0.1) is 0 Å². The summed E-state index contributed by atoms with van der Waals surface area (Å²) in [5.74, 6) is 0. The highest BCUT2D eigenvalue weighted by Crippen LogP contribution is 2.28. The number of aryl methyl sites for hydroxylation is 2. The molecule has 0 aliphatic heterocycles. The molecule has 4 rings (SSSR count). The van der Waals surface area contributed by atoms with Crippen LogP contribution >= 0.6 is 0 Å². The van der Waals surface area contributed by atoms with E-state index in [0.29, 0.717) is 12.1 Å². The Morgan fingerprint density at radius 1 is 0.677 bits per heavy atom. The van der Waals surface area contributed by atoms with Crippen molar-refractivity contribution in [3.63, 3.8) is 0 Å². The molecule has 0 unspecified atom stereocenters. The lowest BCUT2D eigenvalue weighted by Gasteiger charge is -2.26. The Hall–Kier alpha value is -2.18. The lowest BCUT2D eigenvalue weighted by molar-refractivity contribution is 0.434. The number of hydrogen-bond acceptors (Lipinski definition) is 4. The van der Waals surface area contributed by atoms with Crippen molar-refractivity contribution in [3.8, 4) is 0 Å². The minimum atomic E-state index is 0.0107. The van der Waals surface area contributed by atoms with Crippen LogP contribution in [0.5, 0.6) is 0 Å². The van der Waals surface area contributed by atoms with E-state index in [1.165, 1.54) is 43.2 Å². The summed E-state index contributed by atoms with van der Waals surface area (Å²) in [6.45, 7) is 2.08. The van der Waals surface area contributed by atoms with Crippen molar-refractivity contribution < 1.29 is 0 Å². The van der Waals surface area contributed by atoms with E-state index in [1.54, 1.807) is 12.1 Å². The van der Waals surface area contributed by atoms with Crippen molar-refractivity contribution in [2.24, 2.45) is 0 Å². The molecule has 0 fully saturated rings. The topological polar surface area (TPSA) is 89.8 Å². The highest BCUT2D eigenvalue weighted by atomic mass is 16.1. The van der Waals surface area contributed by atoms with Crippen LogP contribution in [0.3, 0.4) is 0 Å².